The first kappa shape index (κ1) is 13.2. The van der Waals surface area contributed by atoms with Gasteiger partial charge in [-0.2, -0.15) is 11.3 Å². The Kier molecular flexibility index (Phi) is 4.35. The fourth-order valence-corrected chi connectivity index (χ4v) is 3.18. The van der Waals surface area contributed by atoms with Crippen molar-refractivity contribution in [1.82, 2.24) is 0 Å². The molecule has 0 spiro atoms. The van der Waals surface area contributed by atoms with Crippen molar-refractivity contribution < 1.29 is 9.84 Å². The van der Waals surface area contributed by atoms with Gasteiger partial charge in [0.25, 0.3) is 0 Å². The van der Waals surface area contributed by atoms with Gasteiger partial charge in [-0.25, -0.2) is 0 Å². The van der Waals surface area contributed by atoms with Gasteiger partial charge in [-0.1, -0.05) is 20.8 Å². The predicted molar refractivity (Wildman–Crippen MR) is 67.2 cm³/mol. The third-order valence-electron chi connectivity index (χ3n) is 2.36. The number of rotatable bonds is 3. The molecule has 15 heavy (non-hydrogen) atoms. The van der Waals surface area contributed by atoms with Gasteiger partial charge in [-0.15, -0.1) is 0 Å². The van der Waals surface area contributed by atoms with Gasteiger partial charge in [0, 0.05) is 22.5 Å². The zero-order valence-electron chi connectivity index (χ0n) is 9.45. The molecule has 2 atom stereocenters. The molecule has 0 radical (unpaired) electrons. The lowest BCUT2D eigenvalue weighted by molar-refractivity contribution is -0.0725. The van der Waals surface area contributed by atoms with Crippen LogP contribution in [0, 0.1) is 5.41 Å². The van der Waals surface area contributed by atoms with Crippen LogP contribution in [-0.4, -0.2) is 18.3 Å². The largest absolute Gasteiger partial charge is 0.386 e. The van der Waals surface area contributed by atoms with E-state index in [-0.39, 0.29) is 11.5 Å². The number of halogens is 1. The maximum atomic E-state index is 10.2. The summed E-state index contributed by atoms with van der Waals surface area (Å²) in [6, 6.07) is 0. The molecule has 2 nitrogen and oxygen atoms in total. The summed E-state index contributed by atoms with van der Waals surface area (Å²) in [4.78, 5) is 0. The number of aliphatic hydroxyl groups is 1. The highest BCUT2D eigenvalue weighted by Gasteiger charge is 2.33. The minimum absolute atomic E-state index is 0.0878. The minimum Gasteiger partial charge on any atom is -0.386 e. The second kappa shape index (κ2) is 4.95. The van der Waals surface area contributed by atoms with Crippen molar-refractivity contribution in [2.45, 2.75) is 33.0 Å². The van der Waals surface area contributed by atoms with Crippen molar-refractivity contribution in [2.75, 3.05) is 7.11 Å². The molecule has 1 aromatic heterocycles. The summed E-state index contributed by atoms with van der Waals surface area (Å²) >= 11 is 5.00. The van der Waals surface area contributed by atoms with Gasteiger partial charge in [0.15, 0.2) is 0 Å². The van der Waals surface area contributed by atoms with Crippen LogP contribution in [0.1, 0.15) is 32.4 Å². The Morgan fingerprint density at radius 2 is 2.00 bits per heavy atom. The summed E-state index contributed by atoms with van der Waals surface area (Å²) in [5.41, 5.74) is 0.817. The summed E-state index contributed by atoms with van der Waals surface area (Å²) in [6.45, 7) is 6.18. The molecular formula is C11H17BrO2S. The molecule has 0 aliphatic rings. The van der Waals surface area contributed by atoms with Crippen LogP contribution in [0.15, 0.2) is 15.2 Å². The van der Waals surface area contributed by atoms with Crippen LogP contribution >= 0.6 is 27.3 Å². The Hall–Kier alpha value is 0.100. The van der Waals surface area contributed by atoms with E-state index in [0.717, 1.165) is 10.0 Å². The smallest absolute Gasteiger partial charge is 0.108 e. The lowest BCUT2D eigenvalue weighted by atomic mass is 9.84. The number of thiophene rings is 1. The van der Waals surface area contributed by atoms with Gasteiger partial charge in [0.05, 0.1) is 6.10 Å². The normalized spacial score (nSPS) is 16.4. The number of ether oxygens (including phenoxy) is 1. The van der Waals surface area contributed by atoms with Crippen LogP contribution in [0.2, 0.25) is 0 Å². The third-order valence-corrected chi connectivity index (χ3v) is 4.11. The Bertz CT molecular complexity index is 317. The molecule has 0 aliphatic carbocycles. The van der Waals surface area contributed by atoms with Crippen molar-refractivity contribution in [3.05, 3.63) is 20.8 Å². The van der Waals surface area contributed by atoms with Crippen molar-refractivity contribution in [3.8, 4) is 0 Å². The third kappa shape index (κ3) is 3.03. The standard InChI is InChI=1S/C11H17BrO2S/c1-11(2,3)10(14-4)9(13)7-5-15-6-8(7)12/h5-6,9-10,13H,1-4H3. The monoisotopic (exact) mass is 292 g/mol. The molecule has 86 valence electrons. The average molecular weight is 293 g/mol. The first-order valence-corrected chi connectivity index (χ1v) is 6.54. The molecule has 2 unspecified atom stereocenters. The quantitative estimate of drug-likeness (QED) is 0.922. The predicted octanol–water partition coefficient (Wildman–Crippen LogP) is 3.61. The van der Waals surface area contributed by atoms with E-state index in [2.05, 4.69) is 36.7 Å². The number of aliphatic hydroxyl groups excluding tert-OH is 1. The molecule has 1 aromatic rings. The van der Waals surface area contributed by atoms with E-state index >= 15 is 0 Å². The molecule has 1 heterocycles. The van der Waals surface area contributed by atoms with Crippen LogP contribution in [0.5, 0.6) is 0 Å². The summed E-state index contributed by atoms with van der Waals surface area (Å²) < 4.78 is 6.34. The van der Waals surface area contributed by atoms with E-state index in [4.69, 9.17) is 4.74 Å². The van der Waals surface area contributed by atoms with Gasteiger partial charge in [-0.3, -0.25) is 0 Å². The summed E-state index contributed by atoms with van der Waals surface area (Å²) in [7, 11) is 1.64. The van der Waals surface area contributed by atoms with E-state index < -0.39 is 6.10 Å². The highest BCUT2D eigenvalue weighted by Crippen LogP contribution is 2.36. The van der Waals surface area contributed by atoms with E-state index in [0.29, 0.717) is 0 Å². The molecule has 0 amide bonds. The molecule has 1 N–H and O–H groups in total. The summed E-state index contributed by atoms with van der Waals surface area (Å²) in [5.74, 6) is 0. The second-order valence-electron chi connectivity index (χ2n) is 4.64. The van der Waals surface area contributed by atoms with Crippen LogP contribution < -0.4 is 0 Å². The topological polar surface area (TPSA) is 29.5 Å². The van der Waals surface area contributed by atoms with Crippen LogP contribution in [0.4, 0.5) is 0 Å². The van der Waals surface area contributed by atoms with E-state index in [1.165, 1.54) is 0 Å². The summed E-state index contributed by atoms with van der Waals surface area (Å²) in [5, 5.41) is 14.2. The van der Waals surface area contributed by atoms with Crippen molar-refractivity contribution in [2.24, 2.45) is 5.41 Å². The van der Waals surface area contributed by atoms with Gasteiger partial charge in [0.2, 0.25) is 0 Å². The maximum Gasteiger partial charge on any atom is 0.108 e. The highest BCUT2D eigenvalue weighted by molar-refractivity contribution is 9.10. The summed E-state index contributed by atoms with van der Waals surface area (Å²) in [6.07, 6.45) is -0.793. The lowest BCUT2D eigenvalue weighted by Crippen LogP contribution is -2.34. The molecule has 0 saturated carbocycles. The molecule has 4 heteroatoms. The van der Waals surface area contributed by atoms with Crippen LogP contribution in [0.25, 0.3) is 0 Å². The molecule has 0 saturated heterocycles. The Morgan fingerprint density at radius 1 is 1.40 bits per heavy atom. The van der Waals surface area contributed by atoms with Gasteiger partial charge in [0.1, 0.15) is 6.10 Å². The molecule has 0 bridgehead atoms. The number of hydrogen-bond donors (Lipinski definition) is 1. The first-order chi connectivity index (χ1) is 6.88. The first-order valence-electron chi connectivity index (χ1n) is 4.80. The molecule has 0 aromatic carbocycles. The zero-order chi connectivity index (χ0) is 11.6. The number of methoxy groups -OCH3 is 1. The highest BCUT2D eigenvalue weighted by atomic mass is 79.9. The second-order valence-corrected chi connectivity index (χ2v) is 6.24. The molecular weight excluding hydrogens is 276 g/mol. The van der Waals surface area contributed by atoms with Crippen LogP contribution in [-0.2, 0) is 4.74 Å². The van der Waals surface area contributed by atoms with E-state index in [9.17, 15) is 5.11 Å². The Balaban J connectivity index is 2.92. The van der Waals surface area contributed by atoms with Gasteiger partial charge >= 0.3 is 0 Å². The van der Waals surface area contributed by atoms with Gasteiger partial charge in [-0.05, 0) is 26.7 Å². The SMILES string of the molecule is COC(C(O)c1cscc1Br)C(C)(C)C. The van der Waals surface area contributed by atoms with Crippen LogP contribution in [0.3, 0.4) is 0 Å². The Labute approximate surface area is 103 Å². The maximum absolute atomic E-state index is 10.2. The van der Waals surface area contributed by atoms with Crippen molar-refractivity contribution >= 4 is 27.3 Å². The van der Waals surface area contributed by atoms with Crippen molar-refractivity contribution in [1.29, 1.82) is 0 Å². The zero-order valence-corrected chi connectivity index (χ0v) is 11.9. The molecule has 0 fully saturated rings. The fourth-order valence-electron chi connectivity index (χ4n) is 1.62. The number of hydrogen-bond acceptors (Lipinski definition) is 3. The minimum atomic E-state index is -0.587. The fraction of sp³-hybridized carbons (Fsp3) is 0.636. The molecule has 0 aliphatic heterocycles. The van der Waals surface area contributed by atoms with Crippen molar-refractivity contribution in [3.63, 3.8) is 0 Å². The Morgan fingerprint density at radius 3 is 2.33 bits per heavy atom. The van der Waals surface area contributed by atoms with Gasteiger partial charge < -0.3 is 9.84 Å². The van der Waals surface area contributed by atoms with E-state index in [1.54, 1.807) is 18.4 Å². The molecule has 1 rings (SSSR count). The van der Waals surface area contributed by atoms with E-state index in [1.807, 2.05) is 10.8 Å². The average Bonchev–Trinajstić information content (AvgIpc) is 2.49. The lowest BCUT2D eigenvalue weighted by Gasteiger charge is -2.33.